The van der Waals surface area contributed by atoms with Gasteiger partial charge in [-0.1, -0.05) is 31.9 Å². The lowest BCUT2D eigenvalue weighted by Crippen LogP contribution is -2.52. The summed E-state index contributed by atoms with van der Waals surface area (Å²) in [6.45, 7) is 2.05. The molecule has 32 heavy (non-hydrogen) atoms. The summed E-state index contributed by atoms with van der Waals surface area (Å²) in [6.07, 6.45) is 1.88. The maximum absolute atomic E-state index is 14.7. The van der Waals surface area contributed by atoms with Crippen LogP contribution in [0.4, 0.5) is 8.78 Å². The van der Waals surface area contributed by atoms with E-state index in [-0.39, 0.29) is 32.2 Å². The van der Waals surface area contributed by atoms with E-state index in [9.17, 15) is 28.0 Å². The molecule has 8 heteroatoms. The highest BCUT2D eigenvalue weighted by molar-refractivity contribution is 6.05. The van der Waals surface area contributed by atoms with Gasteiger partial charge in [-0.25, -0.2) is 0 Å². The summed E-state index contributed by atoms with van der Waals surface area (Å²) in [5, 5.41) is 2.11. The molecule has 1 aromatic rings. The van der Waals surface area contributed by atoms with E-state index in [0.717, 1.165) is 4.90 Å². The number of rotatable bonds is 6. The molecule has 0 aromatic heterocycles. The molecule has 1 aliphatic carbocycles. The Morgan fingerprint density at radius 1 is 1.19 bits per heavy atom. The van der Waals surface area contributed by atoms with Crippen LogP contribution in [0.15, 0.2) is 18.2 Å². The number of benzene rings is 1. The maximum atomic E-state index is 14.7. The number of piperidine rings is 1. The lowest BCUT2D eigenvalue weighted by atomic mass is 9.78. The monoisotopic (exact) mass is 447 g/mol. The number of carbonyl (C=O) groups excluding carboxylic acids is 4. The van der Waals surface area contributed by atoms with Crippen molar-refractivity contribution in [2.45, 2.75) is 76.8 Å². The van der Waals surface area contributed by atoms with Crippen LogP contribution in [0.3, 0.4) is 0 Å². The van der Waals surface area contributed by atoms with Gasteiger partial charge in [0, 0.05) is 30.9 Å². The highest BCUT2D eigenvalue weighted by Crippen LogP contribution is 2.40. The van der Waals surface area contributed by atoms with Gasteiger partial charge in [-0.3, -0.25) is 24.5 Å². The predicted octanol–water partition coefficient (Wildman–Crippen LogP) is 3.41. The number of imide groups is 1. The van der Waals surface area contributed by atoms with Crippen molar-refractivity contribution >= 4 is 23.5 Å². The zero-order valence-corrected chi connectivity index (χ0v) is 18.1. The summed E-state index contributed by atoms with van der Waals surface area (Å²) < 4.78 is 37.9. The van der Waals surface area contributed by atoms with Crippen molar-refractivity contribution in [3.05, 3.63) is 34.9 Å². The van der Waals surface area contributed by atoms with Crippen molar-refractivity contribution in [2.24, 2.45) is 11.8 Å². The summed E-state index contributed by atoms with van der Waals surface area (Å²) in [5.74, 6) is -6.63. The third-order valence-corrected chi connectivity index (χ3v) is 6.94. The standard InChI is InChI=1S/C24H28F2N2O4/c1-14-2-6-17(7-3-14)24(25,26)20(29)10-5-15-4-8-18-16(12-15)13-28(23(18)32)19-9-11-21(30)27-22(19)31/h4,8,12,14,17,19H,2-3,5-7,9-11,13H2,1H3,(H,27,30,31)/t14?,17?,19-/m1/s1/i19D. The zero-order valence-electron chi connectivity index (χ0n) is 19.1. The van der Waals surface area contributed by atoms with Crippen LogP contribution in [0.5, 0.6) is 0 Å². The first kappa shape index (κ1) is 21.2. The van der Waals surface area contributed by atoms with Gasteiger partial charge in [0.25, 0.3) is 5.91 Å². The summed E-state index contributed by atoms with van der Waals surface area (Å²) in [5.41, 5.74) is 1.56. The number of ketones is 1. The van der Waals surface area contributed by atoms with Gasteiger partial charge in [0.05, 0.1) is 1.37 Å². The molecule has 0 spiro atoms. The van der Waals surface area contributed by atoms with Crippen LogP contribution in [0.2, 0.25) is 0 Å². The number of nitrogens with one attached hydrogen (secondary N) is 1. The van der Waals surface area contributed by atoms with E-state index in [1.165, 1.54) is 0 Å². The van der Waals surface area contributed by atoms with Gasteiger partial charge in [0.2, 0.25) is 17.6 Å². The zero-order chi connectivity index (χ0) is 24.0. The first-order valence-corrected chi connectivity index (χ1v) is 11.2. The minimum absolute atomic E-state index is 0.0114. The third-order valence-electron chi connectivity index (χ3n) is 6.94. The Balaban J connectivity index is 1.41. The van der Waals surface area contributed by atoms with Crippen molar-refractivity contribution in [3.63, 3.8) is 0 Å². The molecule has 1 saturated carbocycles. The summed E-state index contributed by atoms with van der Waals surface area (Å²) in [4.78, 5) is 50.0. The van der Waals surface area contributed by atoms with Crippen LogP contribution in [-0.4, -0.2) is 40.3 Å². The van der Waals surface area contributed by atoms with E-state index < -0.39 is 41.4 Å². The van der Waals surface area contributed by atoms with Crippen LogP contribution < -0.4 is 5.32 Å². The van der Waals surface area contributed by atoms with E-state index in [1.54, 1.807) is 18.2 Å². The van der Waals surface area contributed by atoms with E-state index in [0.29, 0.717) is 48.3 Å². The first-order valence-electron chi connectivity index (χ1n) is 11.7. The Hall–Kier alpha value is -2.64. The number of aryl methyl sites for hydroxylation is 1. The largest absolute Gasteiger partial charge is 0.322 e. The van der Waals surface area contributed by atoms with E-state index in [4.69, 9.17) is 1.37 Å². The molecule has 172 valence electrons. The molecule has 2 heterocycles. The fraction of sp³-hybridized carbons (Fsp3) is 0.583. The highest BCUT2D eigenvalue weighted by atomic mass is 19.3. The Bertz CT molecular complexity index is 1010. The number of hydrogen-bond acceptors (Lipinski definition) is 4. The molecule has 1 atom stereocenters. The molecule has 3 aliphatic rings. The molecular weight excluding hydrogens is 418 g/mol. The molecule has 0 radical (unpaired) electrons. The van der Waals surface area contributed by atoms with Crippen molar-refractivity contribution in [3.8, 4) is 0 Å². The third kappa shape index (κ3) is 4.32. The molecule has 2 aliphatic heterocycles. The Kier molecular flexibility index (Phi) is 5.78. The lowest BCUT2D eigenvalue weighted by molar-refractivity contribution is -0.154. The molecule has 3 amide bonds. The quantitative estimate of drug-likeness (QED) is 0.678. The Labute approximate surface area is 187 Å². The van der Waals surface area contributed by atoms with Crippen LogP contribution in [0.25, 0.3) is 0 Å². The number of carbonyl (C=O) groups is 4. The van der Waals surface area contributed by atoms with Gasteiger partial charge < -0.3 is 4.90 Å². The van der Waals surface area contributed by atoms with Crippen molar-refractivity contribution in [1.29, 1.82) is 0 Å². The Morgan fingerprint density at radius 3 is 2.59 bits per heavy atom. The van der Waals surface area contributed by atoms with Crippen molar-refractivity contribution in [1.82, 2.24) is 10.2 Å². The fourth-order valence-electron chi connectivity index (χ4n) is 4.89. The van der Waals surface area contributed by atoms with Crippen LogP contribution in [0, 0.1) is 11.8 Å². The van der Waals surface area contributed by atoms with Gasteiger partial charge in [-0.05, 0) is 48.8 Å². The van der Waals surface area contributed by atoms with E-state index in [1.807, 2.05) is 6.92 Å². The molecule has 1 aromatic carbocycles. The summed E-state index contributed by atoms with van der Waals surface area (Å²) in [6, 6.07) is 2.97. The molecule has 6 nitrogen and oxygen atoms in total. The van der Waals surface area contributed by atoms with Crippen LogP contribution >= 0.6 is 0 Å². The second-order valence-corrected chi connectivity index (χ2v) is 9.21. The second-order valence-electron chi connectivity index (χ2n) is 9.21. The lowest BCUT2D eigenvalue weighted by Gasteiger charge is -2.31. The Morgan fingerprint density at radius 2 is 1.91 bits per heavy atom. The van der Waals surface area contributed by atoms with Crippen molar-refractivity contribution < 1.29 is 29.3 Å². The average Bonchev–Trinajstić information content (AvgIpc) is 3.11. The number of alkyl halides is 2. The van der Waals surface area contributed by atoms with Gasteiger partial charge in [-0.15, -0.1) is 0 Å². The SMILES string of the molecule is [2H][C@@]1(N2Cc3cc(CCC(=O)C(F)(F)C4CCC(C)CC4)ccc3C2=O)CCC(=O)NC1=O. The highest BCUT2D eigenvalue weighted by Gasteiger charge is 2.46. The first-order chi connectivity index (χ1) is 15.5. The normalized spacial score (nSPS) is 28.9. The number of Topliss-reactive ketones (excluding diaryl/α,β-unsaturated/α-hetero) is 1. The molecule has 1 saturated heterocycles. The van der Waals surface area contributed by atoms with Gasteiger partial charge >= 0.3 is 5.92 Å². The molecule has 0 unspecified atom stereocenters. The summed E-state index contributed by atoms with van der Waals surface area (Å²) >= 11 is 0. The average molecular weight is 448 g/mol. The molecule has 0 bridgehead atoms. The molecule has 2 fully saturated rings. The van der Waals surface area contributed by atoms with E-state index >= 15 is 0 Å². The molecular formula is C24H28F2N2O4. The number of fused-ring (bicyclic) bond motifs is 1. The van der Waals surface area contributed by atoms with Crippen molar-refractivity contribution in [2.75, 3.05) is 0 Å². The topological polar surface area (TPSA) is 83.6 Å². The van der Waals surface area contributed by atoms with Crippen LogP contribution in [-0.2, 0) is 27.3 Å². The number of hydrogen-bond donors (Lipinski definition) is 1. The molecule has 1 N–H and O–H groups in total. The molecule has 4 rings (SSSR count). The summed E-state index contributed by atoms with van der Waals surface area (Å²) in [7, 11) is 0. The number of amides is 3. The minimum atomic E-state index is -3.33. The fourth-order valence-corrected chi connectivity index (χ4v) is 4.89. The predicted molar refractivity (Wildman–Crippen MR) is 112 cm³/mol. The van der Waals surface area contributed by atoms with Crippen LogP contribution in [0.1, 0.15) is 74.7 Å². The van der Waals surface area contributed by atoms with Gasteiger partial charge in [0.15, 0.2) is 0 Å². The van der Waals surface area contributed by atoms with Gasteiger partial charge in [-0.2, -0.15) is 8.78 Å². The maximum Gasteiger partial charge on any atom is 0.308 e. The number of halogens is 2. The minimum Gasteiger partial charge on any atom is -0.322 e. The van der Waals surface area contributed by atoms with E-state index in [2.05, 4.69) is 5.32 Å². The second kappa shape index (κ2) is 8.71. The smallest absolute Gasteiger partial charge is 0.308 e. The number of nitrogens with zero attached hydrogens (tertiary/aromatic N) is 1. The van der Waals surface area contributed by atoms with Gasteiger partial charge in [0.1, 0.15) is 6.02 Å².